The van der Waals surface area contributed by atoms with Gasteiger partial charge in [-0.25, -0.2) is 9.67 Å². The Kier molecular flexibility index (Phi) is 5.43. The van der Waals surface area contributed by atoms with Crippen molar-refractivity contribution in [3.8, 4) is 11.1 Å². The standard InChI is InChI=1S/C14H19Cl2N3OSi/c1-21(2,3)5-4-20-10-19-9-12(8-17-19)11-6-13(15)18-14(16)7-11/h6-9H,4-5,10H2,1-3H3. The molecule has 0 bridgehead atoms. The third-order valence-corrected chi connectivity index (χ3v) is 5.04. The van der Waals surface area contributed by atoms with Crippen LogP contribution in [0.5, 0.6) is 0 Å². The molecule has 0 aromatic carbocycles. The summed E-state index contributed by atoms with van der Waals surface area (Å²) in [5, 5.41) is 5.03. The monoisotopic (exact) mass is 343 g/mol. The van der Waals surface area contributed by atoms with Crippen LogP contribution in [-0.2, 0) is 11.5 Å². The zero-order chi connectivity index (χ0) is 15.5. The van der Waals surface area contributed by atoms with Crippen LogP contribution in [0.4, 0.5) is 0 Å². The van der Waals surface area contributed by atoms with Gasteiger partial charge in [0.15, 0.2) is 0 Å². The number of rotatable bonds is 6. The second-order valence-electron chi connectivity index (χ2n) is 6.12. The van der Waals surface area contributed by atoms with Crippen LogP contribution in [0.15, 0.2) is 24.5 Å². The van der Waals surface area contributed by atoms with Crippen LogP contribution < -0.4 is 0 Å². The fourth-order valence-corrected chi connectivity index (χ4v) is 2.97. The van der Waals surface area contributed by atoms with Crippen molar-refractivity contribution in [2.45, 2.75) is 32.4 Å². The van der Waals surface area contributed by atoms with Crippen molar-refractivity contribution in [1.29, 1.82) is 0 Å². The van der Waals surface area contributed by atoms with E-state index in [9.17, 15) is 0 Å². The van der Waals surface area contributed by atoms with Crippen molar-refractivity contribution in [2.24, 2.45) is 0 Å². The van der Waals surface area contributed by atoms with Crippen LogP contribution in [0.1, 0.15) is 0 Å². The van der Waals surface area contributed by atoms with E-state index in [2.05, 4.69) is 29.7 Å². The molecule has 0 aliphatic rings. The van der Waals surface area contributed by atoms with Gasteiger partial charge in [-0.1, -0.05) is 42.8 Å². The minimum Gasteiger partial charge on any atom is -0.360 e. The molecule has 0 amide bonds. The maximum Gasteiger partial charge on any atom is 0.139 e. The average Bonchev–Trinajstić information content (AvgIpc) is 2.81. The summed E-state index contributed by atoms with van der Waals surface area (Å²) >= 11 is 11.8. The van der Waals surface area contributed by atoms with Crippen molar-refractivity contribution in [1.82, 2.24) is 14.8 Å². The zero-order valence-electron chi connectivity index (χ0n) is 12.4. The summed E-state index contributed by atoms with van der Waals surface area (Å²) in [5.74, 6) is 0. The molecule has 2 heterocycles. The maximum absolute atomic E-state index is 5.91. The van der Waals surface area contributed by atoms with Crippen LogP contribution >= 0.6 is 23.2 Å². The first-order chi connectivity index (χ1) is 9.83. The lowest BCUT2D eigenvalue weighted by Crippen LogP contribution is -2.22. The second kappa shape index (κ2) is 6.92. The highest BCUT2D eigenvalue weighted by Gasteiger charge is 2.12. The summed E-state index contributed by atoms with van der Waals surface area (Å²) in [6.07, 6.45) is 3.68. The molecule has 0 spiro atoms. The third-order valence-electron chi connectivity index (χ3n) is 2.95. The normalized spacial score (nSPS) is 11.9. The molecule has 0 unspecified atom stereocenters. The molecule has 0 saturated carbocycles. The fourth-order valence-electron chi connectivity index (χ4n) is 1.75. The van der Waals surface area contributed by atoms with Crippen LogP contribution in [-0.4, -0.2) is 29.4 Å². The Bertz CT molecular complexity index is 590. The number of halogens is 2. The first kappa shape index (κ1) is 16.5. The molecule has 2 rings (SSSR count). The Morgan fingerprint density at radius 1 is 1.14 bits per heavy atom. The van der Waals surface area contributed by atoms with Crippen molar-refractivity contribution in [3.05, 3.63) is 34.8 Å². The second-order valence-corrected chi connectivity index (χ2v) is 12.5. The van der Waals surface area contributed by atoms with Crippen molar-refractivity contribution in [3.63, 3.8) is 0 Å². The Balaban J connectivity index is 1.95. The van der Waals surface area contributed by atoms with Gasteiger partial charge in [-0.2, -0.15) is 5.10 Å². The molecule has 2 aromatic rings. The molecule has 4 nitrogen and oxygen atoms in total. The smallest absolute Gasteiger partial charge is 0.139 e. The summed E-state index contributed by atoms with van der Waals surface area (Å²) in [5.41, 5.74) is 1.84. The molecular formula is C14H19Cl2N3OSi. The van der Waals surface area contributed by atoms with Crippen LogP contribution in [0.3, 0.4) is 0 Å². The lowest BCUT2D eigenvalue weighted by molar-refractivity contribution is 0.0786. The molecule has 0 fully saturated rings. The molecule has 0 aliphatic heterocycles. The molecule has 0 aliphatic carbocycles. The predicted octanol–water partition coefficient (Wildman–Crippen LogP) is 4.56. The van der Waals surface area contributed by atoms with Gasteiger partial charge in [0.25, 0.3) is 0 Å². The van der Waals surface area contributed by atoms with E-state index in [1.54, 1.807) is 23.0 Å². The van der Waals surface area contributed by atoms with Gasteiger partial charge in [0.2, 0.25) is 0 Å². The minimum atomic E-state index is -1.05. The van der Waals surface area contributed by atoms with Gasteiger partial charge >= 0.3 is 0 Å². The minimum absolute atomic E-state index is 0.372. The van der Waals surface area contributed by atoms with E-state index in [4.69, 9.17) is 27.9 Å². The van der Waals surface area contributed by atoms with E-state index in [0.717, 1.165) is 23.8 Å². The van der Waals surface area contributed by atoms with Crippen molar-refractivity contribution < 1.29 is 4.74 Å². The third kappa shape index (κ3) is 5.43. The highest BCUT2D eigenvalue weighted by Crippen LogP contribution is 2.24. The number of nitrogens with zero attached hydrogens (tertiary/aromatic N) is 3. The topological polar surface area (TPSA) is 39.9 Å². The molecule has 0 saturated heterocycles. The Morgan fingerprint density at radius 2 is 1.81 bits per heavy atom. The molecule has 2 aromatic heterocycles. The van der Waals surface area contributed by atoms with E-state index >= 15 is 0 Å². The van der Waals surface area contributed by atoms with Crippen LogP contribution in [0.25, 0.3) is 11.1 Å². The van der Waals surface area contributed by atoms with Gasteiger partial charge in [0.1, 0.15) is 17.0 Å². The highest BCUT2D eigenvalue weighted by molar-refractivity contribution is 6.76. The molecule has 114 valence electrons. The van der Waals surface area contributed by atoms with Gasteiger partial charge in [-0.05, 0) is 23.7 Å². The summed E-state index contributed by atoms with van der Waals surface area (Å²) in [7, 11) is -1.05. The number of pyridine rings is 1. The molecule has 0 N–H and O–H groups in total. The molecule has 0 radical (unpaired) electrons. The Labute approximate surface area is 136 Å². The molecule has 21 heavy (non-hydrogen) atoms. The lowest BCUT2D eigenvalue weighted by Gasteiger charge is -2.15. The van der Waals surface area contributed by atoms with Crippen LogP contribution in [0, 0.1) is 0 Å². The van der Waals surface area contributed by atoms with E-state index < -0.39 is 8.07 Å². The maximum atomic E-state index is 5.91. The van der Waals surface area contributed by atoms with Gasteiger partial charge in [0.05, 0.1) is 6.20 Å². The molecule has 7 heteroatoms. The van der Waals surface area contributed by atoms with Gasteiger partial charge in [-0.3, -0.25) is 0 Å². The van der Waals surface area contributed by atoms with Gasteiger partial charge in [0, 0.05) is 26.4 Å². The predicted molar refractivity (Wildman–Crippen MR) is 89.6 cm³/mol. The fraction of sp³-hybridized carbons (Fsp3) is 0.429. The number of ether oxygens (including phenoxy) is 1. The summed E-state index contributed by atoms with van der Waals surface area (Å²) < 4.78 is 7.43. The van der Waals surface area contributed by atoms with Crippen molar-refractivity contribution >= 4 is 31.3 Å². The molecular weight excluding hydrogens is 325 g/mol. The quantitative estimate of drug-likeness (QED) is 0.438. The first-order valence-electron chi connectivity index (χ1n) is 6.77. The van der Waals surface area contributed by atoms with Crippen molar-refractivity contribution in [2.75, 3.05) is 6.61 Å². The SMILES string of the molecule is C[Si](C)(C)CCOCn1cc(-c2cc(Cl)nc(Cl)c2)cn1. The summed E-state index contributed by atoms with van der Waals surface area (Å²) in [4.78, 5) is 3.93. The summed E-state index contributed by atoms with van der Waals surface area (Å²) in [6, 6.07) is 4.68. The van der Waals surface area contributed by atoms with E-state index in [1.165, 1.54) is 0 Å². The number of aromatic nitrogens is 3. The number of hydrogen-bond donors (Lipinski definition) is 0. The first-order valence-corrected chi connectivity index (χ1v) is 11.2. The van der Waals surface area contributed by atoms with Gasteiger partial charge in [-0.15, -0.1) is 0 Å². The Morgan fingerprint density at radius 3 is 2.43 bits per heavy atom. The summed E-state index contributed by atoms with van der Waals surface area (Å²) in [6.45, 7) is 8.23. The lowest BCUT2D eigenvalue weighted by atomic mass is 10.1. The Hall–Kier alpha value is -0.883. The molecule has 0 atom stereocenters. The number of hydrogen-bond acceptors (Lipinski definition) is 3. The van der Waals surface area contributed by atoms with Gasteiger partial charge < -0.3 is 4.74 Å². The van der Waals surface area contributed by atoms with E-state index in [-0.39, 0.29) is 0 Å². The zero-order valence-corrected chi connectivity index (χ0v) is 14.9. The highest BCUT2D eigenvalue weighted by atomic mass is 35.5. The van der Waals surface area contributed by atoms with Crippen LogP contribution in [0.2, 0.25) is 36.0 Å². The van der Waals surface area contributed by atoms with E-state index in [1.807, 2.05) is 6.20 Å². The van der Waals surface area contributed by atoms with E-state index in [0.29, 0.717) is 17.0 Å². The average molecular weight is 344 g/mol. The largest absolute Gasteiger partial charge is 0.360 e.